The quantitative estimate of drug-likeness (QED) is 0.569. The Morgan fingerprint density at radius 1 is 1.09 bits per heavy atom. The molecule has 168 valence electrons. The summed E-state index contributed by atoms with van der Waals surface area (Å²) in [7, 11) is 0. The standard InChI is InChI=1S/C25H20ClNO6/c1-10(28)19-18(30)8-12-6-11-7-15-13(14-4-5-27-9-16(14)26)2-3-17(29)22(15)25(33)20(11)24(32)21(12)23(19)31/h2-5,9,11-12,21,29,31,33H,6-8H2,1H3. The van der Waals surface area contributed by atoms with Crippen LogP contribution in [-0.4, -0.2) is 37.7 Å². The Morgan fingerprint density at radius 3 is 2.55 bits per heavy atom. The fourth-order valence-corrected chi connectivity index (χ4v) is 5.82. The second-order valence-corrected chi connectivity index (χ2v) is 9.19. The number of hydrogen-bond acceptors (Lipinski definition) is 7. The summed E-state index contributed by atoms with van der Waals surface area (Å²) in [5.74, 6) is -4.55. The molecule has 1 aromatic carbocycles. The molecule has 3 unspecified atom stereocenters. The minimum absolute atomic E-state index is 0.0180. The molecule has 3 atom stereocenters. The minimum atomic E-state index is -1.06. The zero-order valence-corrected chi connectivity index (χ0v) is 18.4. The van der Waals surface area contributed by atoms with Gasteiger partial charge in [0.05, 0.1) is 22.1 Å². The van der Waals surface area contributed by atoms with Crippen molar-refractivity contribution < 1.29 is 29.7 Å². The van der Waals surface area contributed by atoms with Gasteiger partial charge in [-0.2, -0.15) is 0 Å². The number of aromatic nitrogens is 1. The molecule has 0 saturated heterocycles. The number of halogens is 1. The summed E-state index contributed by atoms with van der Waals surface area (Å²) in [5.41, 5.74) is 1.96. The van der Waals surface area contributed by atoms with E-state index in [0.29, 0.717) is 34.6 Å². The Hall–Kier alpha value is -3.45. The smallest absolute Gasteiger partial charge is 0.173 e. The largest absolute Gasteiger partial charge is 0.511 e. The maximum Gasteiger partial charge on any atom is 0.173 e. The van der Waals surface area contributed by atoms with Gasteiger partial charge in [0.1, 0.15) is 17.3 Å². The highest BCUT2D eigenvalue weighted by atomic mass is 35.5. The molecule has 1 fully saturated rings. The van der Waals surface area contributed by atoms with Crippen LogP contribution in [-0.2, 0) is 20.8 Å². The molecule has 1 aromatic heterocycles. The van der Waals surface area contributed by atoms with Crippen molar-refractivity contribution in [1.82, 2.24) is 4.98 Å². The maximum atomic E-state index is 13.5. The molecule has 3 aliphatic rings. The Labute approximate surface area is 194 Å². The first-order chi connectivity index (χ1) is 15.7. The first kappa shape index (κ1) is 21.4. The average Bonchev–Trinajstić information content (AvgIpc) is 2.73. The van der Waals surface area contributed by atoms with Crippen LogP contribution in [0.15, 0.2) is 47.5 Å². The van der Waals surface area contributed by atoms with Crippen LogP contribution >= 0.6 is 11.6 Å². The second kappa shape index (κ2) is 7.56. The van der Waals surface area contributed by atoms with Crippen molar-refractivity contribution in [3.05, 3.63) is 63.6 Å². The molecule has 0 bridgehead atoms. The van der Waals surface area contributed by atoms with E-state index in [1.165, 1.54) is 19.2 Å². The third-order valence-corrected chi connectivity index (χ3v) is 7.24. The SMILES string of the molecule is CC(=O)C1=C(O)C2C(=O)C3=C(O)c4c(O)ccc(-c5ccncc5Cl)c4CC3CC2CC1=O. The Balaban J connectivity index is 1.69. The zero-order valence-electron chi connectivity index (χ0n) is 17.6. The van der Waals surface area contributed by atoms with Crippen molar-refractivity contribution >= 4 is 34.7 Å². The summed E-state index contributed by atoms with van der Waals surface area (Å²) in [6.07, 6.45) is 3.79. The predicted molar refractivity (Wildman–Crippen MR) is 120 cm³/mol. The van der Waals surface area contributed by atoms with Gasteiger partial charge < -0.3 is 15.3 Å². The van der Waals surface area contributed by atoms with Gasteiger partial charge in [0.25, 0.3) is 0 Å². The number of pyridine rings is 1. The molecule has 33 heavy (non-hydrogen) atoms. The van der Waals surface area contributed by atoms with Crippen LogP contribution in [0.5, 0.6) is 5.75 Å². The van der Waals surface area contributed by atoms with Crippen molar-refractivity contribution in [3.63, 3.8) is 0 Å². The van der Waals surface area contributed by atoms with Crippen molar-refractivity contribution in [1.29, 1.82) is 0 Å². The van der Waals surface area contributed by atoms with Gasteiger partial charge in [0, 0.05) is 30.0 Å². The molecule has 1 heterocycles. The van der Waals surface area contributed by atoms with E-state index in [4.69, 9.17) is 11.6 Å². The summed E-state index contributed by atoms with van der Waals surface area (Å²) in [5, 5.41) is 32.8. The van der Waals surface area contributed by atoms with Crippen molar-refractivity contribution in [2.45, 2.75) is 26.2 Å². The van der Waals surface area contributed by atoms with Gasteiger partial charge in [0.15, 0.2) is 17.3 Å². The van der Waals surface area contributed by atoms with Crippen LogP contribution in [0.25, 0.3) is 16.9 Å². The number of fused-ring (bicyclic) bond motifs is 3. The normalized spacial score (nSPS) is 24.4. The number of nitrogens with zero attached hydrogens (tertiary/aromatic N) is 1. The Kier molecular flexibility index (Phi) is 4.90. The van der Waals surface area contributed by atoms with E-state index in [1.807, 2.05) is 0 Å². The van der Waals surface area contributed by atoms with Crippen molar-refractivity contribution in [3.8, 4) is 16.9 Å². The van der Waals surface area contributed by atoms with E-state index >= 15 is 0 Å². The molecule has 0 spiro atoms. The molecular formula is C25H20ClNO6. The minimum Gasteiger partial charge on any atom is -0.511 e. The summed E-state index contributed by atoms with van der Waals surface area (Å²) >= 11 is 6.35. The van der Waals surface area contributed by atoms with E-state index in [0.717, 1.165) is 0 Å². The number of phenolic OH excluding ortho intramolecular Hbond substituents is 1. The second-order valence-electron chi connectivity index (χ2n) is 8.79. The molecule has 0 aliphatic heterocycles. The summed E-state index contributed by atoms with van der Waals surface area (Å²) in [6.45, 7) is 1.18. The number of aliphatic hydroxyl groups is 2. The zero-order chi connectivity index (χ0) is 23.6. The first-order valence-corrected chi connectivity index (χ1v) is 11.0. The molecule has 0 amide bonds. The van der Waals surface area contributed by atoms with Gasteiger partial charge >= 0.3 is 0 Å². The first-order valence-electron chi connectivity index (χ1n) is 10.6. The van der Waals surface area contributed by atoms with Gasteiger partial charge in [-0.15, -0.1) is 0 Å². The van der Waals surface area contributed by atoms with Gasteiger partial charge in [0.2, 0.25) is 0 Å². The van der Waals surface area contributed by atoms with Gasteiger partial charge in [-0.25, -0.2) is 0 Å². The number of aromatic hydroxyl groups is 1. The topological polar surface area (TPSA) is 125 Å². The van der Waals surface area contributed by atoms with Gasteiger partial charge in [-0.05, 0) is 54.9 Å². The lowest BCUT2D eigenvalue weighted by atomic mass is 9.61. The molecule has 2 aromatic rings. The lowest BCUT2D eigenvalue weighted by molar-refractivity contribution is -0.127. The Bertz CT molecular complexity index is 1320. The van der Waals surface area contributed by atoms with Crippen molar-refractivity contribution in [2.24, 2.45) is 17.8 Å². The summed E-state index contributed by atoms with van der Waals surface area (Å²) in [4.78, 5) is 41.9. The number of hydrogen-bond donors (Lipinski definition) is 3. The number of Topliss-reactive ketones (excluding diaryl/α,β-unsaturated/α-hetero) is 3. The number of rotatable bonds is 2. The molecule has 0 radical (unpaired) electrons. The van der Waals surface area contributed by atoms with Crippen LogP contribution in [0.4, 0.5) is 0 Å². The number of ketones is 3. The molecule has 1 saturated carbocycles. The summed E-state index contributed by atoms with van der Waals surface area (Å²) < 4.78 is 0. The molecule has 3 aliphatic carbocycles. The molecule has 5 rings (SSSR count). The molecule has 8 heteroatoms. The molecule has 3 N–H and O–H groups in total. The number of allylic oxidation sites excluding steroid dienone is 3. The van der Waals surface area contributed by atoms with Crippen LogP contribution in [0, 0.1) is 17.8 Å². The molecule has 7 nitrogen and oxygen atoms in total. The van der Waals surface area contributed by atoms with Crippen LogP contribution in [0.3, 0.4) is 0 Å². The Morgan fingerprint density at radius 2 is 1.85 bits per heavy atom. The van der Waals surface area contributed by atoms with Crippen LogP contribution in [0.1, 0.15) is 30.9 Å². The van der Waals surface area contributed by atoms with E-state index < -0.39 is 40.9 Å². The van der Waals surface area contributed by atoms with Crippen molar-refractivity contribution in [2.75, 3.05) is 0 Å². The van der Waals surface area contributed by atoms with Crippen LogP contribution in [0.2, 0.25) is 5.02 Å². The van der Waals surface area contributed by atoms with Gasteiger partial charge in [-0.3, -0.25) is 19.4 Å². The average molecular weight is 466 g/mol. The number of carbonyl (C=O) groups excluding carboxylic acids is 3. The van der Waals surface area contributed by atoms with Gasteiger partial charge in [-0.1, -0.05) is 17.7 Å². The van der Waals surface area contributed by atoms with E-state index in [-0.39, 0.29) is 34.6 Å². The number of phenols is 1. The fourth-order valence-electron chi connectivity index (χ4n) is 5.60. The number of carbonyl (C=O) groups is 3. The highest BCUT2D eigenvalue weighted by Crippen LogP contribution is 2.51. The predicted octanol–water partition coefficient (Wildman–Crippen LogP) is 4.13. The highest BCUT2D eigenvalue weighted by molar-refractivity contribution is 6.33. The fraction of sp³-hybridized carbons (Fsp3) is 0.280. The highest BCUT2D eigenvalue weighted by Gasteiger charge is 2.50. The van der Waals surface area contributed by atoms with E-state index in [9.17, 15) is 29.7 Å². The maximum absolute atomic E-state index is 13.5. The lowest BCUT2D eigenvalue weighted by Gasteiger charge is -2.41. The molecular weight excluding hydrogens is 446 g/mol. The number of benzene rings is 1. The lowest BCUT2D eigenvalue weighted by Crippen LogP contribution is -2.43. The van der Waals surface area contributed by atoms with E-state index in [2.05, 4.69) is 4.98 Å². The monoisotopic (exact) mass is 465 g/mol. The third kappa shape index (κ3) is 3.10. The summed E-state index contributed by atoms with van der Waals surface area (Å²) in [6, 6.07) is 4.88. The van der Waals surface area contributed by atoms with E-state index in [1.54, 1.807) is 18.3 Å². The third-order valence-electron chi connectivity index (χ3n) is 6.94. The van der Waals surface area contributed by atoms with Crippen LogP contribution < -0.4 is 0 Å². The number of aliphatic hydroxyl groups excluding tert-OH is 2.